The Morgan fingerprint density at radius 1 is 1.32 bits per heavy atom. The number of hydrogen-bond acceptors (Lipinski definition) is 6. The van der Waals surface area contributed by atoms with Gasteiger partial charge in [0.1, 0.15) is 11.5 Å². The quantitative estimate of drug-likeness (QED) is 0.657. The van der Waals surface area contributed by atoms with Gasteiger partial charge in [-0.3, -0.25) is 14.7 Å². The lowest BCUT2D eigenvalue weighted by molar-refractivity contribution is -0.385. The van der Waals surface area contributed by atoms with E-state index >= 15 is 0 Å². The van der Waals surface area contributed by atoms with Gasteiger partial charge < -0.3 is 5.32 Å². The number of rotatable bonds is 5. The second-order valence-electron chi connectivity index (χ2n) is 6.61. The molecule has 0 unspecified atom stereocenters. The van der Waals surface area contributed by atoms with Crippen molar-refractivity contribution in [3.05, 3.63) is 34.0 Å². The van der Waals surface area contributed by atoms with E-state index < -0.39 is 4.92 Å². The molecule has 1 aliphatic carbocycles. The molecule has 134 valence electrons. The van der Waals surface area contributed by atoms with Gasteiger partial charge in [0.15, 0.2) is 0 Å². The molecule has 0 aliphatic heterocycles. The Balaban J connectivity index is 2.00. The summed E-state index contributed by atoms with van der Waals surface area (Å²) in [5.74, 6) is 1.96. The van der Waals surface area contributed by atoms with Crippen LogP contribution in [-0.2, 0) is 0 Å². The molecule has 0 amide bonds. The lowest BCUT2D eigenvalue weighted by Crippen LogP contribution is -2.32. The molecule has 25 heavy (non-hydrogen) atoms. The number of aryl methyl sites for hydroxylation is 2. The highest BCUT2D eigenvalue weighted by atomic mass is 16.6. The van der Waals surface area contributed by atoms with Crippen LogP contribution in [0.4, 0.5) is 11.6 Å². The average molecular weight is 344 g/mol. The van der Waals surface area contributed by atoms with E-state index in [1.165, 1.54) is 19.3 Å². The second kappa shape index (κ2) is 7.16. The van der Waals surface area contributed by atoms with Crippen LogP contribution in [0.5, 0.6) is 0 Å². The second-order valence-corrected chi connectivity index (χ2v) is 6.61. The van der Waals surface area contributed by atoms with Crippen LogP contribution in [0.3, 0.4) is 0 Å². The Morgan fingerprint density at radius 3 is 2.72 bits per heavy atom. The van der Waals surface area contributed by atoms with Gasteiger partial charge in [0.2, 0.25) is 11.8 Å². The first kappa shape index (κ1) is 17.3. The zero-order chi connectivity index (χ0) is 18.0. The largest absolute Gasteiger partial charge is 0.351 e. The molecule has 1 aliphatic rings. The van der Waals surface area contributed by atoms with Crippen molar-refractivity contribution in [1.82, 2.24) is 19.5 Å². The summed E-state index contributed by atoms with van der Waals surface area (Å²) >= 11 is 0. The Labute approximate surface area is 146 Å². The highest BCUT2D eigenvalue weighted by Gasteiger charge is 2.28. The minimum absolute atomic E-state index is 0.0812. The smallest absolute Gasteiger partial charge is 0.333 e. The third-order valence-electron chi connectivity index (χ3n) is 5.02. The molecule has 1 saturated carbocycles. The van der Waals surface area contributed by atoms with Crippen molar-refractivity contribution in [2.45, 2.75) is 58.9 Å². The fourth-order valence-corrected chi connectivity index (χ4v) is 3.65. The summed E-state index contributed by atoms with van der Waals surface area (Å²) < 4.78 is 1.64. The Morgan fingerprint density at radius 2 is 2.08 bits per heavy atom. The zero-order valence-electron chi connectivity index (χ0n) is 14.9. The van der Waals surface area contributed by atoms with Gasteiger partial charge in [-0.2, -0.15) is 4.98 Å². The lowest BCUT2D eigenvalue weighted by atomic mass is 9.83. The fraction of sp³-hybridized carbons (Fsp3) is 0.588. The van der Waals surface area contributed by atoms with Crippen molar-refractivity contribution in [1.29, 1.82) is 0 Å². The molecular formula is C17H24N6O2. The summed E-state index contributed by atoms with van der Waals surface area (Å²) in [6, 6.07) is 0.316. The molecule has 2 heterocycles. The predicted octanol–water partition coefficient (Wildman–Crippen LogP) is 3.57. The first-order valence-electron chi connectivity index (χ1n) is 8.81. The van der Waals surface area contributed by atoms with Crippen molar-refractivity contribution in [3.8, 4) is 5.82 Å². The van der Waals surface area contributed by atoms with Crippen molar-refractivity contribution >= 4 is 11.6 Å². The molecule has 2 aromatic rings. The molecule has 1 fully saturated rings. The normalized spacial score (nSPS) is 20.4. The van der Waals surface area contributed by atoms with Gasteiger partial charge in [-0.1, -0.05) is 26.2 Å². The van der Waals surface area contributed by atoms with Crippen LogP contribution >= 0.6 is 0 Å². The maximum Gasteiger partial charge on any atom is 0.333 e. The number of hydrogen-bond donors (Lipinski definition) is 1. The highest BCUT2D eigenvalue weighted by Crippen LogP contribution is 2.31. The molecule has 0 aromatic carbocycles. The SMILES string of the molecule is CC[C@@H]1CCCC[C@H]1Nc1nc(C)c([N+](=O)[O-])c(-n2ccnc2C)n1. The van der Waals surface area contributed by atoms with Gasteiger partial charge in [-0.15, -0.1) is 0 Å². The Kier molecular flexibility index (Phi) is 4.96. The third kappa shape index (κ3) is 3.47. The lowest BCUT2D eigenvalue weighted by Gasteiger charge is -2.31. The third-order valence-corrected chi connectivity index (χ3v) is 5.02. The first-order valence-corrected chi connectivity index (χ1v) is 8.81. The van der Waals surface area contributed by atoms with E-state index in [2.05, 4.69) is 27.2 Å². The number of nitrogens with zero attached hydrogens (tertiary/aromatic N) is 5. The molecule has 0 saturated heterocycles. The van der Waals surface area contributed by atoms with E-state index in [0.717, 1.165) is 12.8 Å². The van der Waals surface area contributed by atoms with E-state index in [0.29, 0.717) is 29.4 Å². The highest BCUT2D eigenvalue weighted by molar-refractivity contribution is 5.54. The van der Waals surface area contributed by atoms with Gasteiger partial charge in [0, 0.05) is 18.4 Å². The summed E-state index contributed by atoms with van der Waals surface area (Å²) in [7, 11) is 0. The van der Waals surface area contributed by atoms with Crippen molar-refractivity contribution < 1.29 is 4.92 Å². The monoisotopic (exact) mass is 344 g/mol. The Bertz CT molecular complexity index is 772. The molecule has 2 aromatic heterocycles. The van der Waals surface area contributed by atoms with E-state index in [9.17, 15) is 10.1 Å². The molecule has 8 nitrogen and oxygen atoms in total. The summed E-state index contributed by atoms with van der Waals surface area (Å²) in [4.78, 5) is 24.1. The summed E-state index contributed by atoms with van der Waals surface area (Å²) in [6.07, 6.45) is 9.13. The standard InChI is InChI=1S/C17H24N6O2/c1-4-13-7-5-6-8-14(13)20-17-19-11(2)15(23(24)25)16(21-17)22-10-9-18-12(22)3/h9-10,13-14H,4-8H2,1-3H3,(H,19,20,21)/t13-,14-/m1/s1. The molecule has 0 spiro atoms. The van der Waals surface area contributed by atoms with Crippen LogP contribution in [0.15, 0.2) is 12.4 Å². The van der Waals surface area contributed by atoms with Crippen LogP contribution in [0, 0.1) is 29.9 Å². The number of aromatic nitrogens is 4. The van der Waals surface area contributed by atoms with Gasteiger partial charge >= 0.3 is 5.69 Å². The molecule has 1 N–H and O–H groups in total. The van der Waals surface area contributed by atoms with Crippen molar-refractivity contribution in [2.24, 2.45) is 5.92 Å². The van der Waals surface area contributed by atoms with Gasteiger partial charge in [-0.05, 0) is 32.6 Å². The van der Waals surface area contributed by atoms with Gasteiger partial charge in [0.05, 0.1) is 4.92 Å². The van der Waals surface area contributed by atoms with Crippen molar-refractivity contribution in [3.63, 3.8) is 0 Å². The summed E-state index contributed by atoms with van der Waals surface area (Å²) in [6.45, 7) is 5.65. The van der Waals surface area contributed by atoms with E-state index in [1.54, 1.807) is 30.8 Å². The molecule has 2 atom stereocenters. The summed E-state index contributed by atoms with van der Waals surface area (Å²) in [5, 5.41) is 15.0. The van der Waals surface area contributed by atoms with E-state index in [-0.39, 0.29) is 11.5 Å². The first-order chi connectivity index (χ1) is 12.0. The summed E-state index contributed by atoms with van der Waals surface area (Å²) in [5.41, 5.74) is 0.275. The topological polar surface area (TPSA) is 98.8 Å². The molecular weight excluding hydrogens is 320 g/mol. The molecule has 0 radical (unpaired) electrons. The minimum atomic E-state index is -0.427. The zero-order valence-corrected chi connectivity index (χ0v) is 14.9. The number of nitro groups is 1. The number of imidazole rings is 1. The van der Waals surface area contributed by atoms with E-state index in [1.807, 2.05) is 0 Å². The minimum Gasteiger partial charge on any atom is -0.351 e. The van der Waals surface area contributed by atoms with Gasteiger partial charge in [0.25, 0.3) is 0 Å². The Hall–Kier alpha value is -2.51. The maximum atomic E-state index is 11.5. The predicted molar refractivity (Wildman–Crippen MR) is 94.9 cm³/mol. The number of nitrogens with one attached hydrogen (secondary N) is 1. The number of anilines is 1. The van der Waals surface area contributed by atoms with Gasteiger partial charge in [-0.25, -0.2) is 9.97 Å². The van der Waals surface area contributed by atoms with Crippen LogP contribution in [-0.4, -0.2) is 30.5 Å². The van der Waals surface area contributed by atoms with Crippen LogP contribution in [0.25, 0.3) is 5.82 Å². The maximum absolute atomic E-state index is 11.5. The van der Waals surface area contributed by atoms with E-state index in [4.69, 9.17) is 0 Å². The molecule has 0 bridgehead atoms. The fourth-order valence-electron chi connectivity index (χ4n) is 3.65. The van der Waals surface area contributed by atoms with Crippen LogP contribution in [0.1, 0.15) is 50.5 Å². The van der Waals surface area contributed by atoms with Crippen LogP contribution in [0.2, 0.25) is 0 Å². The van der Waals surface area contributed by atoms with Crippen molar-refractivity contribution in [2.75, 3.05) is 5.32 Å². The molecule has 3 rings (SSSR count). The van der Waals surface area contributed by atoms with Crippen LogP contribution < -0.4 is 5.32 Å². The average Bonchev–Trinajstić information content (AvgIpc) is 3.00. The molecule has 8 heteroatoms.